The molecule has 0 amide bonds. The highest BCUT2D eigenvalue weighted by Crippen LogP contribution is 2.25. The predicted molar refractivity (Wildman–Crippen MR) is 96.4 cm³/mol. The summed E-state index contributed by atoms with van der Waals surface area (Å²) in [5.41, 5.74) is 3.43. The fourth-order valence-electron chi connectivity index (χ4n) is 2.65. The lowest BCUT2D eigenvalue weighted by Gasteiger charge is -2.12. The fourth-order valence-corrected chi connectivity index (χ4v) is 2.65. The zero-order valence-corrected chi connectivity index (χ0v) is 14.1. The number of hydrogen-bond acceptors (Lipinski definition) is 3. The standard InChI is InChI=1S/C21H18FNO3/c22-18-6-9-20(16-2-1-11-23-13-16)17(12-18)14-26-19-7-3-15(4-8-19)5-10-21(24)25/h1-4,6-9,11-13H,5,10,14H2,(H,24,25). The van der Waals surface area contributed by atoms with Crippen molar-refractivity contribution in [2.45, 2.75) is 19.4 Å². The zero-order valence-electron chi connectivity index (χ0n) is 14.1. The van der Waals surface area contributed by atoms with Crippen molar-refractivity contribution in [3.05, 3.63) is 83.9 Å². The van der Waals surface area contributed by atoms with E-state index in [1.165, 1.54) is 12.1 Å². The highest BCUT2D eigenvalue weighted by molar-refractivity contribution is 5.67. The normalized spacial score (nSPS) is 10.5. The van der Waals surface area contributed by atoms with E-state index in [1.807, 2.05) is 24.3 Å². The van der Waals surface area contributed by atoms with E-state index in [0.29, 0.717) is 12.2 Å². The van der Waals surface area contributed by atoms with Gasteiger partial charge in [-0.05, 0) is 47.9 Å². The number of aromatic nitrogens is 1. The third-order valence-electron chi connectivity index (χ3n) is 3.99. The van der Waals surface area contributed by atoms with E-state index in [0.717, 1.165) is 22.3 Å². The minimum Gasteiger partial charge on any atom is -0.489 e. The van der Waals surface area contributed by atoms with Gasteiger partial charge in [0.25, 0.3) is 0 Å². The predicted octanol–water partition coefficient (Wildman–Crippen LogP) is 4.48. The van der Waals surface area contributed by atoms with Crippen molar-refractivity contribution >= 4 is 5.97 Å². The van der Waals surface area contributed by atoms with Gasteiger partial charge in [-0.25, -0.2) is 4.39 Å². The Kier molecular flexibility index (Phi) is 5.59. The number of nitrogens with zero attached hydrogens (tertiary/aromatic N) is 1. The first-order valence-corrected chi connectivity index (χ1v) is 8.24. The Morgan fingerprint density at radius 2 is 1.92 bits per heavy atom. The van der Waals surface area contributed by atoms with E-state index in [9.17, 15) is 9.18 Å². The Balaban J connectivity index is 1.71. The number of halogens is 1. The van der Waals surface area contributed by atoms with Crippen LogP contribution in [0.5, 0.6) is 5.75 Å². The average molecular weight is 351 g/mol. The Morgan fingerprint density at radius 3 is 2.62 bits per heavy atom. The Hall–Kier alpha value is -3.21. The Morgan fingerprint density at radius 1 is 1.12 bits per heavy atom. The summed E-state index contributed by atoms with van der Waals surface area (Å²) < 4.78 is 19.5. The summed E-state index contributed by atoms with van der Waals surface area (Å²) in [6.07, 6.45) is 3.99. The molecule has 3 rings (SSSR count). The van der Waals surface area contributed by atoms with Crippen LogP contribution in [-0.2, 0) is 17.8 Å². The van der Waals surface area contributed by atoms with Crippen LogP contribution in [-0.4, -0.2) is 16.1 Å². The number of rotatable bonds is 7. The number of benzene rings is 2. The van der Waals surface area contributed by atoms with Crippen LogP contribution in [0.1, 0.15) is 17.5 Å². The summed E-state index contributed by atoms with van der Waals surface area (Å²) >= 11 is 0. The Bertz CT molecular complexity index is 880. The summed E-state index contributed by atoms with van der Waals surface area (Å²) in [7, 11) is 0. The molecule has 0 saturated heterocycles. The van der Waals surface area contributed by atoms with Gasteiger partial charge in [0.1, 0.15) is 18.2 Å². The maximum atomic E-state index is 13.7. The maximum absolute atomic E-state index is 13.7. The molecule has 0 unspecified atom stereocenters. The van der Waals surface area contributed by atoms with Gasteiger partial charge in [-0.2, -0.15) is 0 Å². The van der Waals surface area contributed by atoms with Gasteiger partial charge in [0.15, 0.2) is 0 Å². The summed E-state index contributed by atoms with van der Waals surface area (Å²) in [5.74, 6) is -0.495. The second kappa shape index (κ2) is 8.25. The van der Waals surface area contributed by atoms with E-state index in [2.05, 4.69) is 4.98 Å². The molecule has 0 aliphatic carbocycles. The lowest BCUT2D eigenvalue weighted by molar-refractivity contribution is -0.136. The molecule has 1 aromatic heterocycles. The number of aliphatic carboxylic acids is 1. The summed E-state index contributed by atoms with van der Waals surface area (Å²) in [6.45, 7) is 0.219. The first-order chi connectivity index (χ1) is 12.6. The number of carboxylic acids is 1. The van der Waals surface area contributed by atoms with Crippen molar-refractivity contribution in [3.8, 4) is 16.9 Å². The van der Waals surface area contributed by atoms with Crippen molar-refractivity contribution in [1.29, 1.82) is 0 Å². The molecular weight excluding hydrogens is 333 g/mol. The first kappa shape index (κ1) is 17.6. The van der Waals surface area contributed by atoms with Gasteiger partial charge in [-0.1, -0.05) is 24.3 Å². The molecule has 0 atom stereocenters. The van der Waals surface area contributed by atoms with Crippen molar-refractivity contribution in [2.75, 3.05) is 0 Å². The van der Waals surface area contributed by atoms with Gasteiger partial charge < -0.3 is 9.84 Å². The molecule has 0 aliphatic rings. The minimum atomic E-state index is -0.820. The van der Waals surface area contributed by atoms with Gasteiger partial charge in [0.05, 0.1) is 0 Å². The van der Waals surface area contributed by atoms with Crippen LogP contribution in [0.25, 0.3) is 11.1 Å². The van der Waals surface area contributed by atoms with Crippen molar-refractivity contribution in [1.82, 2.24) is 4.98 Å². The molecular formula is C21H18FNO3. The van der Waals surface area contributed by atoms with E-state index < -0.39 is 5.97 Å². The topological polar surface area (TPSA) is 59.4 Å². The summed E-state index contributed by atoms with van der Waals surface area (Å²) in [4.78, 5) is 14.7. The van der Waals surface area contributed by atoms with Crippen LogP contribution >= 0.6 is 0 Å². The molecule has 0 saturated carbocycles. The molecule has 132 valence electrons. The maximum Gasteiger partial charge on any atom is 0.303 e. The Labute approximate surface area is 150 Å². The number of aryl methyl sites for hydroxylation is 1. The van der Waals surface area contributed by atoms with E-state index >= 15 is 0 Å². The van der Waals surface area contributed by atoms with E-state index in [1.54, 1.807) is 30.6 Å². The molecule has 1 N–H and O–H groups in total. The molecule has 2 aromatic carbocycles. The molecule has 0 aliphatic heterocycles. The number of carboxylic acid groups (broad SMARTS) is 1. The lowest BCUT2D eigenvalue weighted by atomic mass is 10.0. The largest absolute Gasteiger partial charge is 0.489 e. The highest BCUT2D eigenvalue weighted by Gasteiger charge is 2.08. The molecule has 3 aromatic rings. The van der Waals surface area contributed by atoms with Gasteiger partial charge in [0, 0.05) is 29.9 Å². The van der Waals surface area contributed by atoms with E-state index in [-0.39, 0.29) is 18.8 Å². The SMILES string of the molecule is O=C(O)CCc1ccc(OCc2cc(F)ccc2-c2cccnc2)cc1. The molecule has 0 fully saturated rings. The fraction of sp³-hybridized carbons (Fsp3) is 0.143. The second-order valence-corrected chi connectivity index (χ2v) is 5.87. The minimum absolute atomic E-state index is 0.0952. The third kappa shape index (κ3) is 4.66. The van der Waals surface area contributed by atoms with Crippen molar-refractivity contribution < 1.29 is 19.0 Å². The van der Waals surface area contributed by atoms with Crippen LogP contribution in [0.15, 0.2) is 67.0 Å². The van der Waals surface area contributed by atoms with Gasteiger partial charge in [0.2, 0.25) is 0 Å². The smallest absolute Gasteiger partial charge is 0.303 e. The summed E-state index contributed by atoms with van der Waals surface area (Å²) in [5, 5.41) is 8.72. The third-order valence-corrected chi connectivity index (χ3v) is 3.99. The second-order valence-electron chi connectivity index (χ2n) is 5.87. The monoisotopic (exact) mass is 351 g/mol. The highest BCUT2D eigenvalue weighted by atomic mass is 19.1. The number of hydrogen-bond donors (Lipinski definition) is 1. The molecule has 0 spiro atoms. The summed E-state index contributed by atoms with van der Waals surface area (Å²) in [6, 6.07) is 15.6. The van der Waals surface area contributed by atoms with Crippen LogP contribution in [0, 0.1) is 5.82 Å². The average Bonchev–Trinajstić information content (AvgIpc) is 2.66. The quantitative estimate of drug-likeness (QED) is 0.682. The lowest BCUT2D eigenvalue weighted by Crippen LogP contribution is -2.00. The van der Waals surface area contributed by atoms with Crippen molar-refractivity contribution in [3.63, 3.8) is 0 Å². The zero-order chi connectivity index (χ0) is 18.4. The van der Waals surface area contributed by atoms with Crippen LogP contribution in [0.3, 0.4) is 0 Å². The van der Waals surface area contributed by atoms with Crippen LogP contribution in [0.2, 0.25) is 0 Å². The molecule has 0 bridgehead atoms. The van der Waals surface area contributed by atoms with Crippen LogP contribution in [0.4, 0.5) is 4.39 Å². The number of carbonyl (C=O) groups is 1. The number of ether oxygens (including phenoxy) is 1. The van der Waals surface area contributed by atoms with Crippen LogP contribution < -0.4 is 4.74 Å². The molecule has 26 heavy (non-hydrogen) atoms. The molecule has 5 heteroatoms. The van der Waals surface area contributed by atoms with E-state index in [4.69, 9.17) is 9.84 Å². The van der Waals surface area contributed by atoms with Gasteiger partial charge in [-0.3, -0.25) is 9.78 Å². The van der Waals surface area contributed by atoms with Gasteiger partial charge >= 0.3 is 5.97 Å². The molecule has 4 nitrogen and oxygen atoms in total. The molecule has 0 radical (unpaired) electrons. The molecule has 1 heterocycles. The van der Waals surface area contributed by atoms with Gasteiger partial charge in [-0.15, -0.1) is 0 Å². The van der Waals surface area contributed by atoms with Crippen molar-refractivity contribution in [2.24, 2.45) is 0 Å². The first-order valence-electron chi connectivity index (χ1n) is 8.24. The number of pyridine rings is 1.